The molecular weight excluding hydrogens is 294 g/mol. The van der Waals surface area contributed by atoms with Crippen LogP contribution in [0.15, 0.2) is 0 Å². The first-order chi connectivity index (χ1) is 8.62. The second-order valence-electron chi connectivity index (χ2n) is 5.67. The molecule has 0 spiro atoms. The highest BCUT2D eigenvalue weighted by Gasteiger charge is 2.52. The summed E-state index contributed by atoms with van der Waals surface area (Å²) in [5, 5.41) is 0.855. The zero-order chi connectivity index (χ0) is 13.3. The van der Waals surface area contributed by atoms with E-state index in [1.807, 2.05) is 0 Å². The van der Waals surface area contributed by atoms with Crippen molar-refractivity contribution in [3.63, 3.8) is 0 Å². The van der Waals surface area contributed by atoms with Gasteiger partial charge in [0.2, 0.25) is 11.8 Å². The highest BCUT2D eigenvalue weighted by molar-refractivity contribution is 9.09. The van der Waals surface area contributed by atoms with Crippen LogP contribution < -0.4 is 0 Å². The number of likely N-dealkylation sites (tertiary alicyclic amines) is 1. The van der Waals surface area contributed by atoms with Gasteiger partial charge in [0, 0.05) is 11.9 Å². The monoisotopic (exact) mass is 315 g/mol. The number of nitrogens with zero attached hydrogens (tertiary/aromatic N) is 1. The SMILES string of the molecule is CCC1CC2C(=O)N(CC(CC)CBr)C(=O)C2C1. The van der Waals surface area contributed by atoms with Crippen molar-refractivity contribution < 1.29 is 9.59 Å². The summed E-state index contributed by atoms with van der Waals surface area (Å²) < 4.78 is 0. The van der Waals surface area contributed by atoms with E-state index >= 15 is 0 Å². The van der Waals surface area contributed by atoms with Gasteiger partial charge in [-0.15, -0.1) is 0 Å². The zero-order valence-electron chi connectivity index (χ0n) is 11.2. The Balaban J connectivity index is 2.05. The number of amides is 2. The topological polar surface area (TPSA) is 37.4 Å². The number of alkyl halides is 1. The minimum absolute atomic E-state index is 0.00437. The van der Waals surface area contributed by atoms with Gasteiger partial charge in [-0.25, -0.2) is 0 Å². The van der Waals surface area contributed by atoms with Crippen molar-refractivity contribution in [3.05, 3.63) is 0 Å². The predicted octanol–water partition coefficient (Wildman–Crippen LogP) is 2.83. The van der Waals surface area contributed by atoms with E-state index in [1.165, 1.54) is 4.90 Å². The fourth-order valence-corrected chi connectivity index (χ4v) is 3.92. The number of carbonyl (C=O) groups is 2. The van der Waals surface area contributed by atoms with Gasteiger partial charge in [0.05, 0.1) is 11.8 Å². The maximum absolute atomic E-state index is 12.3. The molecule has 2 amide bonds. The summed E-state index contributed by atoms with van der Waals surface area (Å²) in [7, 11) is 0. The van der Waals surface area contributed by atoms with E-state index in [1.54, 1.807) is 0 Å². The van der Waals surface area contributed by atoms with Crippen molar-refractivity contribution in [2.45, 2.75) is 39.5 Å². The molecule has 2 aliphatic rings. The molecule has 0 aromatic carbocycles. The molecule has 3 atom stereocenters. The molecular formula is C14H22BrNO2. The fraction of sp³-hybridized carbons (Fsp3) is 0.857. The number of halogens is 1. The second kappa shape index (κ2) is 5.72. The molecule has 1 aliphatic heterocycles. The van der Waals surface area contributed by atoms with Gasteiger partial charge in [0.25, 0.3) is 0 Å². The molecule has 2 rings (SSSR count). The molecule has 1 aliphatic carbocycles. The lowest BCUT2D eigenvalue weighted by atomic mass is 10.00. The first-order valence-corrected chi connectivity index (χ1v) is 8.15. The van der Waals surface area contributed by atoms with E-state index in [-0.39, 0.29) is 23.7 Å². The van der Waals surface area contributed by atoms with Gasteiger partial charge in [-0.3, -0.25) is 14.5 Å². The molecule has 0 aromatic heterocycles. The third-order valence-electron chi connectivity index (χ3n) is 4.64. The minimum atomic E-state index is -0.00437. The van der Waals surface area contributed by atoms with E-state index < -0.39 is 0 Å². The quantitative estimate of drug-likeness (QED) is 0.578. The lowest BCUT2D eigenvalue weighted by molar-refractivity contribution is -0.141. The third kappa shape index (κ3) is 2.36. The maximum Gasteiger partial charge on any atom is 0.233 e. The van der Waals surface area contributed by atoms with Crippen molar-refractivity contribution in [2.75, 3.05) is 11.9 Å². The van der Waals surface area contributed by atoms with Crippen LogP contribution in [0.5, 0.6) is 0 Å². The maximum atomic E-state index is 12.3. The molecule has 0 bridgehead atoms. The van der Waals surface area contributed by atoms with Crippen LogP contribution in [0, 0.1) is 23.7 Å². The number of rotatable bonds is 5. The Morgan fingerprint density at radius 2 is 1.78 bits per heavy atom. The van der Waals surface area contributed by atoms with Crippen LogP contribution in [-0.4, -0.2) is 28.6 Å². The number of imide groups is 1. The average molecular weight is 316 g/mol. The molecule has 1 heterocycles. The Hall–Kier alpha value is -0.380. The highest BCUT2D eigenvalue weighted by Crippen LogP contribution is 2.44. The minimum Gasteiger partial charge on any atom is -0.282 e. The molecule has 1 saturated carbocycles. The van der Waals surface area contributed by atoms with Crippen LogP contribution in [0.1, 0.15) is 39.5 Å². The summed E-state index contributed by atoms with van der Waals surface area (Å²) in [5.41, 5.74) is 0. The zero-order valence-corrected chi connectivity index (χ0v) is 12.8. The highest BCUT2D eigenvalue weighted by atomic mass is 79.9. The van der Waals surface area contributed by atoms with Gasteiger partial charge < -0.3 is 0 Å². The molecule has 4 heteroatoms. The lowest BCUT2D eigenvalue weighted by Gasteiger charge is -2.21. The Bertz CT molecular complexity index is 317. The van der Waals surface area contributed by atoms with E-state index in [9.17, 15) is 9.59 Å². The summed E-state index contributed by atoms with van der Waals surface area (Å²) in [6, 6.07) is 0. The normalized spacial score (nSPS) is 33.1. The van der Waals surface area contributed by atoms with Gasteiger partial charge in [0.15, 0.2) is 0 Å². The van der Waals surface area contributed by atoms with E-state index in [0.717, 1.165) is 31.0 Å². The van der Waals surface area contributed by atoms with Crippen LogP contribution in [0.2, 0.25) is 0 Å². The number of hydrogen-bond donors (Lipinski definition) is 0. The molecule has 18 heavy (non-hydrogen) atoms. The van der Waals surface area contributed by atoms with Gasteiger partial charge >= 0.3 is 0 Å². The van der Waals surface area contributed by atoms with Crippen molar-refractivity contribution in [2.24, 2.45) is 23.7 Å². The van der Waals surface area contributed by atoms with Crippen molar-refractivity contribution in [1.82, 2.24) is 4.90 Å². The molecule has 102 valence electrons. The lowest BCUT2D eigenvalue weighted by Crippen LogP contribution is -2.36. The molecule has 0 N–H and O–H groups in total. The predicted molar refractivity (Wildman–Crippen MR) is 74.3 cm³/mol. The largest absolute Gasteiger partial charge is 0.282 e. The molecule has 3 unspecified atom stereocenters. The summed E-state index contributed by atoms with van der Waals surface area (Å²) in [5.74, 6) is 1.15. The van der Waals surface area contributed by atoms with E-state index in [2.05, 4.69) is 29.8 Å². The number of fused-ring (bicyclic) bond motifs is 1. The molecule has 0 aromatic rings. The standard InChI is InChI=1S/C14H22BrNO2/c1-3-9-5-11-12(6-9)14(18)16(13(11)17)8-10(4-2)7-15/h9-12H,3-8H2,1-2H3. The summed E-state index contributed by atoms with van der Waals surface area (Å²) in [6.07, 6.45) is 3.93. The average Bonchev–Trinajstić information content (AvgIpc) is 2.90. The van der Waals surface area contributed by atoms with Crippen LogP contribution in [0.25, 0.3) is 0 Å². The summed E-state index contributed by atoms with van der Waals surface area (Å²) in [6.45, 7) is 4.85. The van der Waals surface area contributed by atoms with Gasteiger partial charge in [-0.05, 0) is 24.7 Å². The Morgan fingerprint density at radius 1 is 1.22 bits per heavy atom. The molecule has 0 radical (unpaired) electrons. The Kier molecular flexibility index (Phi) is 4.46. The summed E-state index contributed by atoms with van der Waals surface area (Å²) >= 11 is 3.46. The van der Waals surface area contributed by atoms with Gasteiger partial charge in [0.1, 0.15) is 0 Å². The van der Waals surface area contributed by atoms with Crippen molar-refractivity contribution in [1.29, 1.82) is 0 Å². The molecule has 2 fully saturated rings. The van der Waals surface area contributed by atoms with Crippen LogP contribution in [0.4, 0.5) is 0 Å². The first-order valence-electron chi connectivity index (χ1n) is 7.03. The second-order valence-corrected chi connectivity index (χ2v) is 6.32. The third-order valence-corrected chi connectivity index (χ3v) is 5.56. The van der Waals surface area contributed by atoms with Crippen LogP contribution in [-0.2, 0) is 9.59 Å². The Labute approximate surface area is 117 Å². The van der Waals surface area contributed by atoms with Gasteiger partial charge in [-0.1, -0.05) is 42.6 Å². The van der Waals surface area contributed by atoms with Crippen molar-refractivity contribution >= 4 is 27.7 Å². The molecule has 1 saturated heterocycles. The number of hydrogen-bond acceptors (Lipinski definition) is 2. The molecule has 3 nitrogen and oxygen atoms in total. The number of carbonyl (C=O) groups excluding carboxylic acids is 2. The Morgan fingerprint density at radius 3 is 2.17 bits per heavy atom. The van der Waals surface area contributed by atoms with Crippen LogP contribution in [0.3, 0.4) is 0 Å². The van der Waals surface area contributed by atoms with Gasteiger partial charge in [-0.2, -0.15) is 0 Å². The first kappa shape index (κ1) is 14.0. The van der Waals surface area contributed by atoms with E-state index in [0.29, 0.717) is 18.4 Å². The smallest absolute Gasteiger partial charge is 0.233 e. The van der Waals surface area contributed by atoms with E-state index in [4.69, 9.17) is 0 Å². The van der Waals surface area contributed by atoms with Crippen molar-refractivity contribution in [3.8, 4) is 0 Å². The van der Waals surface area contributed by atoms with Crippen LogP contribution >= 0.6 is 15.9 Å². The summed E-state index contributed by atoms with van der Waals surface area (Å²) in [4.78, 5) is 26.2. The fourth-order valence-electron chi connectivity index (χ4n) is 3.26.